The van der Waals surface area contributed by atoms with E-state index in [1.54, 1.807) is 0 Å². The smallest absolute Gasteiger partial charge is 0.234 e. The molecule has 2 fully saturated rings. The Kier molecular flexibility index (Phi) is 4.37. The fourth-order valence-corrected chi connectivity index (χ4v) is 4.23. The van der Waals surface area contributed by atoms with Gasteiger partial charge >= 0.3 is 0 Å². The summed E-state index contributed by atoms with van der Waals surface area (Å²) in [6.07, 6.45) is 3.73. The van der Waals surface area contributed by atoms with Crippen molar-refractivity contribution in [2.24, 2.45) is 7.05 Å². The van der Waals surface area contributed by atoms with Crippen LogP contribution in [0.25, 0.3) is 0 Å². The lowest BCUT2D eigenvalue weighted by atomic mass is 9.99. The van der Waals surface area contributed by atoms with Crippen LogP contribution in [0.2, 0.25) is 0 Å². The standard InChI is InChI=1S/C18H27N5O2/c1-11(16-12(2)20-22(4)13(16)3)18-19-17(21-25-18)15-9-23-8-6-5-7-14(23)10-24-15/h11,14-15H,5-10H2,1-4H3. The van der Waals surface area contributed by atoms with E-state index in [2.05, 4.69) is 34.0 Å². The molecule has 0 spiro atoms. The quantitative estimate of drug-likeness (QED) is 0.851. The van der Waals surface area contributed by atoms with Gasteiger partial charge in [0.1, 0.15) is 6.10 Å². The zero-order valence-electron chi connectivity index (χ0n) is 15.5. The highest BCUT2D eigenvalue weighted by Crippen LogP contribution is 2.31. The molecule has 0 N–H and O–H groups in total. The number of ether oxygens (including phenoxy) is 1. The van der Waals surface area contributed by atoms with Crippen LogP contribution < -0.4 is 0 Å². The molecule has 2 aliphatic rings. The van der Waals surface area contributed by atoms with Gasteiger partial charge in [0.15, 0.2) is 0 Å². The first-order valence-electron chi connectivity index (χ1n) is 9.24. The molecule has 7 heteroatoms. The minimum absolute atomic E-state index is 0.0290. The minimum Gasteiger partial charge on any atom is -0.367 e. The van der Waals surface area contributed by atoms with Gasteiger partial charge in [-0.25, -0.2) is 0 Å². The summed E-state index contributed by atoms with van der Waals surface area (Å²) >= 11 is 0. The summed E-state index contributed by atoms with van der Waals surface area (Å²) in [6, 6.07) is 0.566. The Labute approximate surface area is 148 Å². The number of aromatic nitrogens is 4. The molecule has 7 nitrogen and oxygen atoms in total. The highest BCUT2D eigenvalue weighted by atomic mass is 16.5. The van der Waals surface area contributed by atoms with E-state index in [1.165, 1.54) is 24.8 Å². The van der Waals surface area contributed by atoms with Gasteiger partial charge < -0.3 is 9.26 Å². The molecular formula is C18H27N5O2. The van der Waals surface area contributed by atoms with E-state index < -0.39 is 0 Å². The zero-order valence-corrected chi connectivity index (χ0v) is 15.5. The number of rotatable bonds is 3. The van der Waals surface area contributed by atoms with Crippen molar-refractivity contribution in [3.8, 4) is 0 Å². The maximum absolute atomic E-state index is 6.04. The van der Waals surface area contributed by atoms with Crippen LogP contribution >= 0.6 is 0 Å². The van der Waals surface area contributed by atoms with E-state index in [0.29, 0.717) is 17.8 Å². The molecule has 0 bridgehead atoms. The van der Waals surface area contributed by atoms with Crippen LogP contribution in [0, 0.1) is 13.8 Å². The van der Waals surface area contributed by atoms with Gasteiger partial charge in [-0.2, -0.15) is 10.1 Å². The van der Waals surface area contributed by atoms with Crippen molar-refractivity contribution >= 4 is 0 Å². The fraction of sp³-hybridized carbons (Fsp3) is 0.722. The third-order valence-corrected chi connectivity index (χ3v) is 5.75. The maximum atomic E-state index is 6.04. The molecule has 4 rings (SSSR count). The number of morpholine rings is 1. The van der Waals surface area contributed by atoms with Crippen LogP contribution in [0.1, 0.15) is 66.9 Å². The Morgan fingerprint density at radius 2 is 2.08 bits per heavy atom. The number of hydrogen-bond acceptors (Lipinski definition) is 6. The summed E-state index contributed by atoms with van der Waals surface area (Å²) in [4.78, 5) is 7.19. The normalized spacial score (nSPS) is 25.8. The molecule has 4 heterocycles. The number of piperidine rings is 1. The minimum atomic E-state index is -0.0878. The van der Waals surface area contributed by atoms with Gasteiger partial charge in [-0.15, -0.1) is 0 Å². The van der Waals surface area contributed by atoms with E-state index in [4.69, 9.17) is 9.26 Å². The topological polar surface area (TPSA) is 69.2 Å². The third kappa shape index (κ3) is 3.00. The van der Waals surface area contributed by atoms with E-state index >= 15 is 0 Å². The molecule has 0 radical (unpaired) electrons. The maximum Gasteiger partial charge on any atom is 0.234 e. The monoisotopic (exact) mass is 345 g/mol. The Morgan fingerprint density at radius 3 is 2.84 bits per heavy atom. The molecule has 25 heavy (non-hydrogen) atoms. The second-order valence-electron chi connectivity index (χ2n) is 7.39. The van der Waals surface area contributed by atoms with Gasteiger partial charge in [0.25, 0.3) is 0 Å². The van der Waals surface area contributed by atoms with Crippen LogP contribution in [-0.2, 0) is 11.8 Å². The van der Waals surface area contributed by atoms with Crippen LogP contribution in [0.3, 0.4) is 0 Å². The van der Waals surface area contributed by atoms with Crippen molar-refractivity contribution in [1.82, 2.24) is 24.8 Å². The molecule has 3 unspecified atom stereocenters. The van der Waals surface area contributed by atoms with Crippen molar-refractivity contribution in [2.45, 2.75) is 58.1 Å². The first-order chi connectivity index (χ1) is 12.0. The second-order valence-corrected chi connectivity index (χ2v) is 7.39. The average molecular weight is 345 g/mol. The highest BCUT2D eigenvalue weighted by Gasteiger charge is 2.34. The van der Waals surface area contributed by atoms with Crippen molar-refractivity contribution < 1.29 is 9.26 Å². The van der Waals surface area contributed by atoms with Gasteiger partial charge in [0.2, 0.25) is 11.7 Å². The first kappa shape index (κ1) is 16.7. The summed E-state index contributed by atoms with van der Waals surface area (Å²) in [5.74, 6) is 1.34. The summed E-state index contributed by atoms with van der Waals surface area (Å²) in [5.41, 5.74) is 3.31. The number of hydrogen-bond donors (Lipinski definition) is 0. The lowest BCUT2D eigenvalue weighted by molar-refractivity contribution is -0.0805. The van der Waals surface area contributed by atoms with Crippen molar-refractivity contribution in [3.05, 3.63) is 28.7 Å². The SMILES string of the molecule is Cc1nn(C)c(C)c1C(C)c1nc(C2CN3CCCCC3CO2)no1. The molecule has 136 valence electrons. The molecule has 3 atom stereocenters. The number of aryl methyl sites for hydroxylation is 2. The van der Waals surface area contributed by atoms with Crippen molar-refractivity contribution in [2.75, 3.05) is 19.7 Å². The zero-order chi connectivity index (χ0) is 17.6. The van der Waals surface area contributed by atoms with E-state index in [-0.39, 0.29) is 12.0 Å². The fourth-order valence-electron chi connectivity index (χ4n) is 4.23. The predicted octanol–water partition coefficient (Wildman–Crippen LogP) is 2.50. The Bertz CT molecular complexity index is 753. The largest absolute Gasteiger partial charge is 0.367 e. The van der Waals surface area contributed by atoms with Crippen LogP contribution in [0.5, 0.6) is 0 Å². The van der Waals surface area contributed by atoms with Crippen molar-refractivity contribution in [3.63, 3.8) is 0 Å². The van der Waals surface area contributed by atoms with Crippen LogP contribution in [0.4, 0.5) is 0 Å². The summed E-state index contributed by atoms with van der Waals surface area (Å²) in [7, 11) is 1.96. The van der Waals surface area contributed by atoms with Crippen LogP contribution in [0.15, 0.2) is 4.52 Å². The molecule has 2 aromatic rings. The number of nitrogens with zero attached hydrogens (tertiary/aromatic N) is 5. The summed E-state index contributed by atoms with van der Waals surface area (Å²) in [6.45, 7) is 8.98. The van der Waals surface area contributed by atoms with E-state index in [1.807, 2.05) is 18.7 Å². The summed E-state index contributed by atoms with van der Waals surface area (Å²) < 4.78 is 13.5. The Morgan fingerprint density at radius 1 is 1.24 bits per heavy atom. The summed E-state index contributed by atoms with van der Waals surface area (Å²) in [5, 5.41) is 8.72. The highest BCUT2D eigenvalue weighted by molar-refractivity contribution is 5.31. The lowest BCUT2D eigenvalue weighted by Gasteiger charge is -2.41. The molecule has 2 aliphatic heterocycles. The van der Waals surface area contributed by atoms with Gasteiger partial charge in [0, 0.05) is 30.9 Å². The average Bonchev–Trinajstić information content (AvgIpc) is 3.20. The molecule has 2 aromatic heterocycles. The Balaban J connectivity index is 1.52. The molecular weight excluding hydrogens is 318 g/mol. The number of fused-ring (bicyclic) bond motifs is 1. The van der Waals surface area contributed by atoms with E-state index in [9.17, 15) is 0 Å². The molecule has 2 saturated heterocycles. The molecule has 0 aliphatic carbocycles. The van der Waals surface area contributed by atoms with Gasteiger partial charge in [-0.3, -0.25) is 9.58 Å². The molecule has 0 saturated carbocycles. The van der Waals surface area contributed by atoms with Gasteiger partial charge in [-0.05, 0) is 40.2 Å². The predicted molar refractivity (Wildman–Crippen MR) is 92.4 cm³/mol. The molecule has 0 aromatic carbocycles. The lowest BCUT2D eigenvalue weighted by Crippen LogP contribution is -2.49. The second kappa shape index (κ2) is 6.53. The van der Waals surface area contributed by atoms with Crippen molar-refractivity contribution in [1.29, 1.82) is 0 Å². The third-order valence-electron chi connectivity index (χ3n) is 5.75. The van der Waals surface area contributed by atoms with E-state index in [0.717, 1.165) is 31.1 Å². The first-order valence-corrected chi connectivity index (χ1v) is 9.24. The molecule has 0 amide bonds. The van der Waals surface area contributed by atoms with Gasteiger partial charge in [0.05, 0.1) is 18.2 Å². The van der Waals surface area contributed by atoms with Crippen LogP contribution in [-0.4, -0.2) is 50.6 Å². The Hall–Kier alpha value is -1.73. The van der Waals surface area contributed by atoms with Gasteiger partial charge in [-0.1, -0.05) is 11.6 Å².